The first-order valence-corrected chi connectivity index (χ1v) is 4.79. The van der Waals surface area contributed by atoms with Crippen LogP contribution in [0.3, 0.4) is 0 Å². The van der Waals surface area contributed by atoms with Crippen LogP contribution < -0.4 is 0 Å². The van der Waals surface area contributed by atoms with Crippen LogP contribution in [0.5, 0.6) is 0 Å². The van der Waals surface area contributed by atoms with Crippen molar-refractivity contribution in [2.24, 2.45) is 0 Å². The summed E-state index contributed by atoms with van der Waals surface area (Å²) >= 11 is 0. The summed E-state index contributed by atoms with van der Waals surface area (Å²) in [6.07, 6.45) is 2.29. The standard InChI is InChI=1S/C11H9NO4/c13-11-9(5-6-16-11)7-8-1-3-10(4-2-8)12(14)15/h1-4,7H,5-6H2/b9-7-. The molecule has 0 aliphatic carbocycles. The molecule has 5 nitrogen and oxygen atoms in total. The Morgan fingerprint density at radius 1 is 1.31 bits per heavy atom. The smallest absolute Gasteiger partial charge is 0.334 e. The van der Waals surface area contributed by atoms with Crippen LogP contribution in [0.1, 0.15) is 12.0 Å². The number of esters is 1. The van der Waals surface area contributed by atoms with Crippen molar-refractivity contribution in [1.82, 2.24) is 0 Å². The number of nitro groups is 1. The van der Waals surface area contributed by atoms with Crippen molar-refractivity contribution in [1.29, 1.82) is 0 Å². The summed E-state index contributed by atoms with van der Waals surface area (Å²) in [6.45, 7) is 0.414. The Balaban J connectivity index is 2.22. The molecule has 0 aromatic heterocycles. The maximum Gasteiger partial charge on any atom is 0.334 e. The van der Waals surface area contributed by atoms with Crippen molar-refractivity contribution in [3.63, 3.8) is 0 Å². The van der Waals surface area contributed by atoms with Gasteiger partial charge < -0.3 is 4.74 Å². The minimum Gasteiger partial charge on any atom is -0.462 e. The second kappa shape index (κ2) is 4.14. The molecule has 0 N–H and O–H groups in total. The molecule has 0 bridgehead atoms. The number of rotatable bonds is 2. The average Bonchev–Trinajstić information content (AvgIpc) is 2.65. The zero-order valence-electron chi connectivity index (χ0n) is 8.38. The Morgan fingerprint density at radius 2 is 2.00 bits per heavy atom. The summed E-state index contributed by atoms with van der Waals surface area (Å²) < 4.78 is 4.78. The third-order valence-electron chi connectivity index (χ3n) is 2.31. The number of hydrogen-bond donors (Lipinski definition) is 0. The fourth-order valence-electron chi connectivity index (χ4n) is 1.47. The van der Waals surface area contributed by atoms with Gasteiger partial charge in [-0.25, -0.2) is 4.79 Å². The van der Waals surface area contributed by atoms with Gasteiger partial charge in [0, 0.05) is 24.1 Å². The molecule has 0 atom stereocenters. The van der Waals surface area contributed by atoms with Crippen LogP contribution in [0.25, 0.3) is 6.08 Å². The van der Waals surface area contributed by atoms with Gasteiger partial charge in [0.05, 0.1) is 11.5 Å². The Labute approximate surface area is 91.5 Å². The zero-order valence-corrected chi connectivity index (χ0v) is 8.38. The molecule has 1 heterocycles. The van der Waals surface area contributed by atoms with Crippen LogP contribution in [-0.4, -0.2) is 17.5 Å². The number of nitro benzene ring substituents is 1. The maximum atomic E-state index is 11.2. The monoisotopic (exact) mass is 219 g/mol. The van der Waals surface area contributed by atoms with Crippen LogP contribution in [-0.2, 0) is 9.53 Å². The lowest BCUT2D eigenvalue weighted by atomic mass is 10.1. The van der Waals surface area contributed by atoms with Gasteiger partial charge in [0.25, 0.3) is 5.69 Å². The van der Waals surface area contributed by atoms with Crippen LogP contribution in [0.4, 0.5) is 5.69 Å². The highest BCUT2D eigenvalue weighted by Crippen LogP contribution is 2.19. The number of cyclic esters (lactones) is 1. The number of hydrogen-bond acceptors (Lipinski definition) is 4. The highest BCUT2D eigenvalue weighted by Gasteiger charge is 2.18. The Hall–Kier alpha value is -2.17. The van der Waals surface area contributed by atoms with Crippen LogP contribution >= 0.6 is 0 Å². The largest absolute Gasteiger partial charge is 0.462 e. The predicted molar refractivity (Wildman–Crippen MR) is 56.6 cm³/mol. The van der Waals surface area contributed by atoms with Gasteiger partial charge >= 0.3 is 5.97 Å². The Bertz CT molecular complexity index is 461. The lowest BCUT2D eigenvalue weighted by molar-refractivity contribution is -0.384. The number of benzene rings is 1. The average molecular weight is 219 g/mol. The molecule has 82 valence electrons. The van der Waals surface area contributed by atoms with Crippen molar-refractivity contribution in [2.45, 2.75) is 6.42 Å². The first-order valence-electron chi connectivity index (χ1n) is 4.79. The van der Waals surface area contributed by atoms with Crippen LogP contribution in [0, 0.1) is 10.1 Å². The number of nitrogens with zero attached hydrogens (tertiary/aromatic N) is 1. The van der Waals surface area contributed by atoms with E-state index in [-0.39, 0.29) is 11.7 Å². The Kier molecular flexibility index (Phi) is 2.68. The molecule has 1 aromatic carbocycles. The van der Waals surface area contributed by atoms with E-state index in [0.717, 1.165) is 5.56 Å². The second-order valence-corrected chi connectivity index (χ2v) is 3.40. The third-order valence-corrected chi connectivity index (χ3v) is 2.31. The molecule has 1 saturated heterocycles. The van der Waals surface area contributed by atoms with E-state index in [1.165, 1.54) is 12.1 Å². The summed E-state index contributed by atoms with van der Waals surface area (Å²) in [6, 6.07) is 6.03. The quantitative estimate of drug-likeness (QED) is 0.330. The van der Waals surface area contributed by atoms with E-state index in [4.69, 9.17) is 4.74 Å². The highest BCUT2D eigenvalue weighted by atomic mass is 16.6. The first kappa shape index (κ1) is 10.4. The normalized spacial score (nSPS) is 17.5. The van der Waals surface area contributed by atoms with Crippen molar-refractivity contribution in [3.8, 4) is 0 Å². The summed E-state index contributed by atoms with van der Waals surface area (Å²) in [5.41, 5.74) is 1.41. The number of ether oxygens (including phenoxy) is 1. The highest BCUT2D eigenvalue weighted by molar-refractivity contribution is 5.95. The van der Waals surface area contributed by atoms with Gasteiger partial charge in [-0.1, -0.05) is 0 Å². The van der Waals surface area contributed by atoms with E-state index in [1.54, 1.807) is 18.2 Å². The maximum absolute atomic E-state index is 11.2. The summed E-state index contributed by atoms with van der Waals surface area (Å²) in [5, 5.41) is 10.4. The van der Waals surface area contributed by atoms with Gasteiger partial charge in [0.15, 0.2) is 0 Å². The van der Waals surface area contributed by atoms with Crippen LogP contribution in [0.15, 0.2) is 29.8 Å². The topological polar surface area (TPSA) is 69.4 Å². The fraction of sp³-hybridized carbons (Fsp3) is 0.182. The molecule has 1 aliphatic rings. The minimum absolute atomic E-state index is 0.0381. The second-order valence-electron chi connectivity index (χ2n) is 3.40. The van der Waals surface area contributed by atoms with Gasteiger partial charge in [0.1, 0.15) is 0 Å². The number of non-ortho nitro benzene ring substituents is 1. The predicted octanol–water partition coefficient (Wildman–Crippen LogP) is 1.93. The molecule has 0 unspecified atom stereocenters. The van der Waals surface area contributed by atoms with Crippen molar-refractivity contribution in [3.05, 3.63) is 45.5 Å². The molecule has 0 amide bonds. The molecule has 0 spiro atoms. The summed E-state index contributed by atoms with van der Waals surface area (Å²) in [4.78, 5) is 21.1. The number of carbonyl (C=O) groups excluding carboxylic acids is 1. The molecule has 5 heteroatoms. The fourth-order valence-corrected chi connectivity index (χ4v) is 1.47. The van der Waals surface area contributed by atoms with Crippen molar-refractivity contribution in [2.75, 3.05) is 6.61 Å². The molecule has 1 fully saturated rings. The SMILES string of the molecule is O=C1OCC/C1=C/c1ccc([N+](=O)[O-])cc1. The zero-order chi connectivity index (χ0) is 11.5. The van der Waals surface area contributed by atoms with Crippen molar-refractivity contribution >= 4 is 17.7 Å². The first-order chi connectivity index (χ1) is 7.66. The molecule has 0 saturated carbocycles. The molecule has 2 rings (SSSR count). The lowest BCUT2D eigenvalue weighted by Crippen LogP contribution is -1.94. The lowest BCUT2D eigenvalue weighted by Gasteiger charge is -1.95. The molecule has 1 aliphatic heterocycles. The molecule has 16 heavy (non-hydrogen) atoms. The number of carbonyl (C=O) groups is 1. The molecule has 0 radical (unpaired) electrons. The van der Waals surface area contributed by atoms with E-state index < -0.39 is 4.92 Å². The van der Waals surface area contributed by atoms with E-state index in [0.29, 0.717) is 18.6 Å². The van der Waals surface area contributed by atoms with Gasteiger partial charge in [0.2, 0.25) is 0 Å². The minimum atomic E-state index is -0.458. The summed E-state index contributed by atoms with van der Waals surface area (Å²) in [5.74, 6) is -0.307. The molecule has 1 aromatic rings. The molecular weight excluding hydrogens is 210 g/mol. The van der Waals surface area contributed by atoms with E-state index in [9.17, 15) is 14.9 Å². The van der Waals surface area contributed by atoms with Gasteiger partial charge in [-0.3, -0.25) is 10.1 Å². The van der Waals surface area contributed by atoms with E-state index in [2.05, 4.69) is 0 Å². The molecular formula is C11H9NO4. The van der Waals surface area contributed by atoms with E-state index in [1.807, 2.05) is 0 Å². The summed E-state index contributed by atoms with van der Waals surface area (Å²) in [7, 11) is 0. The Morgan fingerprint density at radius 3 is 2.50 bits per heavy atom. The van der Waals surface area contributed by atoms with Gasteiger partial charge in [-0.05, 0) is 23.8 Å². The van der Waals surface area contributed by atoms with E-state index >= 15 is 0 Å². The van der Waals surface area contributed by atoms with Gasteiger partial charge in [-0.2, -0.15) is 0 Å². The van der Waals surface area contributed by atoms with Crippen LogP contribution in [0.2, 0.25) is 0 Å². The third kappa shape index (κ3) is 2.08. The van der Waals surface area contributed by atoms with Gasteiger partial charge in [-0.15, -0.1) is 0 Å². The van der Waals surface area contributed by atoms with Crippen molar-refractivity contribution < 1.29 is 14.5 Å².